The summed E-state index contributed by atoms with van der Waals surface area (Å²) in [5.74, 6) is 0. The van der Waals surface area contributed by atoms with Gasteiger partial charge in [-0.05, 0) is 49.2 Å². The molecule has 29 heavy (non-hydrogen) atoms. The van der Waals surface area contributed by atoms with E-state index in [4.69, 9.17) is 4.98 Å². The molecule has 0 atom stereocenters. The van der Waals surface area contributed by atoms with Crippen LogP contribution in [0.15, 0.2) is 47.3 Å². The summed E-state index contributed by atoms with van der Waals surface area (Å²) < 4.78 is 4.10. The quantitative estimate of drug-likeness (QED) is 0.486. The van der Waals surface area contributed by atoms with Crippen molar-refractivity contribution < 1.29 is 0 Å². The average molecular weight is 425 g/mol. The topological polar surface area (TPSA) is 41.4 Å². The Morgan fingerprint density at radius 2 is 1.83 bits per heavy atom. The number of para-hydroxylation sites is 1. The van der Waals surface area contributed by atoms with Gasteiger partial charge in [0.25, 0.3) is 0 Å². The molecule has 2 aromatic carbocycles. The van der Waals surface area contributed by atoms with Gasteiger partial charge in [-0.25, -0.2) is 4.98 Å². The van der Waals surface area contributed by atoms with Crippen molar-refractivity contribution in [3.05, 3.63) is 57.7 Å². The summed E-state index contributed by atoms with van der Waals surface area (Å²) in [5, 5.41) is 1.15. The zero-order valence-corrected chi connectivity index (χ0v) is 18.1. The Morgan fingerprint density at radius 3 is 2.66 bits per heavy atom. The highest BCUT2D eigenvalue weighted by Crippen LogP contribution is 2.29. The third-order valence-electron chi connectivity index (χ3n) is 5.72. The minimum absolute atomic E-state index is 0.114. The summed E-state index contributed by atoms with van der Waals surface area (Å²) in [7, 11) is 1.84. The smallest absolute Gasteiger partial charge is 0.307 e. The third kappa shape index (κ3) is 3.82. The van der Waals surface area contributed by atoms with E-state index in [0.717, 1.165) is 66.4 Å². The Balaban J connectivity index is 1.14. The van der Waals surface area contributed by atoms with E-state index >= 15 is 0 Å². The van der Waals surface area contributed by atoms with Crippen LogP contribution in [0, 0.1) is 0 Å². The van der Waals surface area contributed by atoms with Gasteiger partial charge in [0.1, 0.15) is 0 Å². The Morgan fingerprint density at radius 1 is 1.00 bits per heavy atom. The molecule has 0 amide bonds. The molecule has 2 aromatic heterocycles. The summed E-state index contributed by atoms with van der Waals surface area (Å²) in [6.45, 7) is 5.40. The minimum Gasteiger partial charge on any atom is -0.345 e. The van der Waals surface area contributed by atoms with Crippen LogP contribution in [0.25, 0.3) is 20.4 Å². The molecule has 0 radical (unpaired) electrons. The molecular formula is C22H24N4OS2. The number of thiazole rings is 2. The van der Waals surface area contributed by atoms with Gasteiger partial charge in [-0.3, -0.25) is 9.69 Å². The van der Waals surface area contributed by atoms with Crippen molar-refractivity contribution in [2.24, 2.45) is 7.05 Å². The average Bonchev–Trinajstić information content (AvgIpc) is 3.29. The predicted octanol–water partition coefficient (Wildman–Crippen LogP) is 3.96. The lowest BCUT2D eigenvalue weighted by Gasteiger charge is -2.34. The zero-order valence-electron chi connectivity index (χ0n) is 16.5. The van der Waals surface area contributed by atoms with Crippen molar-refractivity contribution in [1.82, 2.24) is 14.5 Å². The summed E-state index contributed by atoms with van der Waals surface area (Å²) in [6.07, 6.45) is 2.21. The van der Waals surface area contributed by atoms with Crippen molar-refractivity contribution in [2.75, 3.05) is 37.6 Å². The van der Waals surface area contributed by atoms with Crippen molar-refractivity contribution >= 4 is 48.2 Å². The molecule has 0 aliphatic carbocycles. The molecule has 0 spiro atoms. The normalized spacial score (nSPS) is 15.6. The number of aromatic nitrogens is 2. The fourth-order valence-corrected chi connectivity index (χ4v) is 5.96. The van der Waals surface area contributed by atoms with Gasteiger partial charge >= 0.3 is 4.87 Å². The van der Waals surface area contributed by atoms with Crippen LogP contribution in [0.5, 0.6) is 0 Å². The van der Waals surface area contributed by atoms with Gasteiger partial charge in [-0.15, -0.1) is 0 Å². The lowest BCUT2D eigenvalue weighted by atomic mass is 10.1. The number of piperazine rings is 1. The maximum atomic E-state index is 11.8. The number of anilines is 1. The van der Waals surface area contributed by atoms with Gasteiger partial charge < -0.3 is 9.47 Å². The molecule has 4 aromatic rings. The highest BCUT2D eigenvalue weighted by Gasteiger charge is 2.19. The number of fused-ring (bicyclic) bond motifs is 2. The Hall–Kier alpha value is -2.22. The van der Waals surface area contributed by atoms with Crippen LogP contribution in [0.2, 0.25) is 0 Å². The SMILES string of the molecule is Cn1c(=O)sc2cc(CCCN3CCN(c4nc5ccccc5s4)CC3)ccc21. The molecule has 1 aliphatic heterocycles. The molecule has 0 bridgehead atoms. The van der Waals surface area contributed by atoms with Gasteiger partial charge in [0, 0.05) is 33.2 Å². The summed E-state index contributed by atoms with van der Waals surface area (Å²) in [4.78, 5) is 21.7. The van der Waals surface area contributed by atoms with Crippen molar-refractivity contribution in [2.45, 2.75) is 12.8 Å². The molecule has 7 heteroatoms. The zero-order chi connectivity index (χ0) is 19.8. The number of benzene rings is 2. The van der Waals surface area contributed by atoms with E-state index in [9.17, 15) is 4.79 Å². The highest BCUT2D eigenvalue weighted by molar-refractivity contribution is 7.22. The van der Waals surface area contributed by atoms with Gasteiger partial charge in [-0.2, -0.15) is 0 Å². The van der Waals surface area contributed by atoms with Crippen molar-refractivity contribution in [3.8, 4) is 0 Å². The second-order valence-electron chi connectivity index (χ2n) is 7.63. The minimum atomic E-state index is 0.114. The van der Waals surface area contributed by atoms with Crippen molar-refractivity contribution in [1.29, 1.82) is 0 Å². The van der Waals surface area contributed by atoms with Gasteiger partial charge in [0.05, 0.1) is 20.4 Å². The second-order valence-corrected chi connectivity index (χ2v) is 9.63. The number of rotatable bonds is 5. The monoisotopic (exact) mass is 424 g/mol. The van der Waals surface area contributed by atoms with Gasteiger partial charge in [0.15, 0.2) is 5.13 Å². The molecule has 1 aliphatic rings. The van der Waals surface area contributed by atoms with E-state index < -0.39 is 0 Å². The number of aryl methyl sites for hydroxylation is 2. The van der Waals surface area contributed by atoms with Gasteiger partial charge in [-0.1, -0.05) is 40.9 Å². The van der Waals surface area contributed by atoms with E-state index in [1.165, 1.54) is 21.6 Å². The number of nitrogens with zero attached hydrogens (tertiary/aromatic N) is 4. The van der Waals surface area contributed by atoms with Crippen LogP contribution in [0.1, 0.15) is 12.0 Å². The number of hydrogen-bond donors (Lipinski definition) is 0. The maximum Gasteiger partial charge on any atom is 0.307 e. The fraction of sp³-hybridized carbons (Fsp3) is 0.364. The summed E-state index contributed by atoms with van der Waals surface area (Å²) in [5.41, 5.74) is 3.47. The highest BCUT2D eigenvalue weighted by atomic mass is 32.1. The van der Waals surface area contributed by atoms with Crippen LogP contribution in [0.3, 0.4) is 0 Å². The van der Waals surface area contributed by atoms with E-state index in [1.54, 1.807) is 15.9 Å². The first-order valence-electron chi connectivity index (χ1n) is 10.1. The van der Waals surface area contributed by atoms with E-state index in [-0.39, 0.29) is 4.87 Å². The third-order valence-corrected chi connectivity index (χ3v) is 7.81. The van der Waals surface area contributed by atoms with Crippen LogP contribution >= 0.6 is 22.7 Å². The lowest BCUT2D eigenvalue weighted by Crippen LogP contribution is -2.46. The Kier molecular flexibility index (Phi) is 5.11. The Labute approximate surface area is 177 Å². The van der Waals surface area contributed by atoms with Crippen LogP contribution in [0.4, 0.5) is 5.13 Å². The molecule has 1 saturated heterocycles. The summed E-state index contributed by atoms with van der Waals surface area (Å²) in [6, 6.07) is 14.8. The van der Waals surface area contributed by atoms with E-state index in [2.05, 4.69) is 52.3 Å². The largest absolute Gasteiger partial charge is 0.345 e. The molecular weight excluding hydrogens is 400 g/mol. The summed E-state index contributed by atoms with van der Waals surface area (Å²) >= 11 is 3.14. The molecule has 5 rings (SSSR count). The fourth-order valence-electron chi connectivity index (χ4n) is 4.00. The molecule has 0 saturated carbocycles. The van der Waals surface area contributed by atoms with Crippen molar-refractivity contribution in [3.63, 3.8) is 0 Å². The maximum absolute atomic E-state index is 11.8. The standard InChI is InChI=1S/C22H24N4OS2/c1-24-18-9-8-16(15-20(18)29-22(24)27)5-4-10-25-11-13-26(14-12-25)21-23-17-6-2-3-7-19(17)28-21/h2-3,6-9,15H,4-5,10-14H2,1H3. The van der Waals surface area contributed by atoms with Crippen LogP contribution in [-0.2, 0) is 13.5 Å². The molecule has 150 valence electrons. The number of hydrogen-bond acceptors (Lipinski definition) is 6. The van der Waals surface area contributed by atoms with E-state index in [1.807, 2.05) is 7.05 Å². The molecule has 5 nitrogen and oxygen atoms in total. The van der Waals surface area contributed by atoms with E-state index in [0.29, 0.717) is 0 Å². The first-order chi connectivity index (χ1) is 14.2. The molecule has 1 fully saturated rings. The van der Waals surface area contributed by atoms with Gasteiger partial charge in [0.2, 0.25) is 0 Å². The predicted molar refractivity (Wildman–Crippen MR) is 124 cm³/mol. The molecule has 0 unspecified atom stereocenters. The van der Waals surface area contributed by atoms with Crippen LogP contribution < -0.4 is 9.77 Å². The first-order valence-corrected chi connectivity index (χ1v) is 11.7. The first kappa shape index (κ1) is 18.8. The second kappa shape index (κ2) is 7.89. The lowest BCUT2D eigenvalue weighted by molar-refractivity contribution is 0.255. The molecule has 3 heterocycles. The Bertz CT molecular complexity index is 1170. The molecule has 0 N–H and O–H groups in total. The van der Waals surface area contributed by atoms with Crippen LogP contribution in [-0.4, -0.2) is 47.2 Å².